The molecular weight excluding hydrogens is 410 g/mol. The number of benzene rings is 2. The number of carboxylic acids is 1. The van der Waals surface area contributed by atoms with Crippen LogP contribution in [-0.4, -0.2) is 26.0 Å². The molecule has 0 spiro atoms. The third kappa shape index (κ3) is 4.38. The maximum absolute atomic E-state index is 11.1. The number of pyridine rings is 3. The van der Waals surface area contributed by atoms with Crippen molar-refractivity contribution < 1.29 is 9.90 Å². The first-order valence-corrected chi connectivity index (χ1v) is 10.4. The average molecular weight is 429 g/mol. The third-order valence-corrected chi connectivity index (χ3v) is 5.46. The molecule has 0 unspecified atom stereocenters. The molecule has 0 aliphatic heterocycles. The molecule has 0 saturated carbocycles. The summed E-state index contributed by atoms with van der Waals surface area (Å²) in [6.45, 7) is 0. The van der Waals surface area contributed by atoms with Crippen LogP contribution in [0.25, 0.3) is 44.8 Å². The molecule has 1 N–H and O–H groups in total. The van der Waals surface area contributed by atoms with Crippen LogP contribution in [0.2, 0.25) is 0 Å². The zero-order valence-electron chi connectivity index (χ0n) is 17.6. The van der Waals surface area contributed by atoms with E-state index >= 15 is 0 Å². The van der Waals surface area contributed by atoms with Crippen LogP contribution in [0.1, 0.15) is 10.4 Å². The van der Waals surface area contributed by atoms with E-state index in [0.29, 0.717) is 0 Å². The summed E-state index contributed by atoms with van der Waals surface area (Å²) in [5, 5.41) is 9.11. The summed E-state index contributed by atoms with van der Waals surface area (Å²) in [5.74, 6) is -0.926. The highest BCUT2D eigenvalue weighted by Crippen LogP contribution is 2.31. The van der Waals surface area contributed by atoms with Crippen molar-refractivity contribution in [3.05, 3.63) is 115 Å². The molecule has 0 atom stereocenters. The zero-order chi connectivity index (χ0) is 22.6. The van der Waals surface area contributed by atoms with Crippen molar-refractivity contribution in [1.29, 1.82) is 0 Å². The van der Waals surface area contributed by atoms with Crippen LogP contribution in [0, 0.1) is 0 Å². The van der Waals surface area contributed by atoms with Gasteiger partial charge >= 0.3 is 5.97 Å². The fourth-order valence-electron chi connectivity index (χ4n) is 3.70. The molecule has 5 nitrogen and oxygen atoms in total. The molecule has 0 saturated heterocycles. The Morgan fingerprint density at radius 3 is 1.33 bits per heavy atom. The lowest BCUT2D eigenvalue weighted by Crippen LogP contribution is -1.95. The first-order chi connectivity index (χ1) is 16.2. The molecule has 5 aromatic rings. The predicted octanol–water partition coefficient (Wildman–Crippen LogP) is 6.24. The molecule has 3 aromatic heterocycles. The Balaban J connectivity index is 1.55. The van der Waals surface area contributed by atoms with E-state index in [0.717, 1.165) is 44.8 Å². The average Bonchev–Trinajstić information content (AvgIpc) is 2.89. The van der Waals surface area contributed by atoms with E-state index in [-0.39, 0.29) is 5.56 Å². The Labute approximate surface area is 191 Å². The lowest BCUT2D eigenvalue weighted by molar-refractivity contribution is 0.0697. The highest BCUT2D eigenvalue weighted by molar-refractivity contribution is 5.88. The summed E-state index contributed by atoms with van der Waals surface area (Å²) in [6.07, 6.45) is 7.06. The van der Waals surface area contributed by atoms with E-state index in [1.54, 1.807) is 36.9 Å². The number of nitrogens with zero attached hydrogens (tertiary/aromatic N) is 3. The topological polar surface area (TPSA) is 76.0 Å². The minimum absolute atomic E-state index is 0.277. The van der Waals surface area contributed by atoms with E-state index in [2.05, 4.69) is 34.2 Å². The summed E-state index contributed by atoms with van der Waals surface area (Å²) in [6, 6.07) is 27.1. The Morgan fingerprint density at radius 1 is 0.515 bits per heavy atom. The Bertz CT molecular complexity index is 1340. The molecular formula is C28H19N3O2. The molecule has 0 amide bonds. The fourth-order valence-corrected chi connectivity index (χ4v) is 3.70. The van der Waals surface area contributed by atoms with Gasteiger partial charge in [0, 0.05) is 35.9 Å². The van der Waals surface area contributed by atoms with E-state index in [1.807, 2.05) is 48.5 Å². The Morgan fingerprint density at radius 2 is 0.909 bits per heavy atom. The fraction of sp³-hybridized carbons (Fsp3) is 0. The number of hydrogen-bond acceptors (Lipinski definition) is 4. The van der Waals surface area contributed by atoms with Crippen LogP contribution < -0.4 is 0 Å². The van der Waals surface area contributed by atoms with Gasteiger partial charge in [0.1, 0.15) is 0 Å². The van der Waals surface area contributed by atoms with Gasteiger partial charge in [-0.1, -0.05) is 36.4 Å². The molecule has 158 valence electrons. The second-order valence-electron chi connectivity index (χ2n) is 7.56. The first-order valence-electron chi connectivity index (χ1n) is 10.4. The van der Waals surface area contributed by atoms with E-state index in [9.17, 15) is 4.79 Å². The minimum atomic E-state index is -0.926. The van der Waals surface area contributed by atoms with Crippen LogP contribution in [0.15, 0.2) is 110 Å². The van der Waals surface area contributed by atoms with Gasteiger partial charge in [-0.3, -0.25) is 9.97 Å². The minimum Gasteiger partial charge on any atom is -0.478 e. The van der Waals surface area contributed by atoms with Gasteiger partial charge in [0.2, 0.25) is 0 Å². The summed E-state index contributed by atoms with van der Waals surface area (Å²) in [7, 11) is 0. The number of carbonyl (C=O) groups is 1. The molecule has 2 aromatic carbocycles. The van der Waals surface area contributed by atoms with Crippen LogP contribution in [0.3, 0.4) is 0 Å². The number of aromatic nitrogens is 3. The standard InChI is InChI=1S/C28H19N3O2/c32-28(33)24-7-5-20(6-8-24)19-1-3-21(4-2-19)25-17-26(22-9-13-29-14-10-22)31-27(18-25)23-11-15-30-16-12-23/h1-18H,(H,32,33). The van der Waals surface area contributed by atoms with Crippen molar-refractivity contribution in [3.8, 4) is 44.8 Å². The maximum atomic E-state index is 11.1. The number of rotatable bonds is 5. The van der Waals surface area contributed by atoms with Crippen LogP contribution in [0.4, 0.5) is 0 Å². The van der Waals surface area contributed by atoms with Crippen LogP contribution in [0.5, 0.6) is 0 Å². The summed E-state index contributed by atoms with van der Waals surface area (Å²) < 4.78 is 0. The van der Waals surface area contributed by atoms with Gasteiger partial charge in [-0.2, -0.15) is 0 Å². The third-order valence-electron chi connectivity index (χ3n) is 5.46. The van der Waals surface area contributed by atoms with Gasteiger partial charge in [-0.15, -0.1) is 0 Å². The summed E-state index contributed by atoms with van der Waals surface area (Å²) >= 11 is 0. The summed E-state index contributed by atoms with van der Waals surface area (Å²) in [4.78, 5) is 24.2. The molecule has 0 bridgehead atoms. The Hall–Kier alpha value is -4.64. The number of carboxylic acid groups (broad SMARTS) is 1. The SMILES string of the molecule is O=C(O)c1ccc(-c2ccc(-c3cc(-c4ccncc4)nc(-c4ccncc4)c3)cc2)cc1. The van der Waals surface area contributed by atoms with E-state index in [4.69, 9.17) is 10.1 Å². The lowest BCUT2D eigenvalue weighted by atomic mass is 9.97. The molecule has 0 radical (unpaired) electrons. The van der Waals surface area contributed by atoms with Crippen molar-refractivity contribution in [1.82, 2.24) is 15.0 Å². The zero-order valence-corrected chi connectivity index (χ0v) is 17.6. The normalized spacial score (nSPS) is 10.7. The molecule has 5 heteroatoms. The highest BCUT2D eigenvalue weighted by Gasteiger charge is 2.10. The van der Waals surface area contributed by atoms with Gasteiger partial charge in [0.15, 0.2) is 0 Å². The van der Waals surface area contributed by atoms with E-state index in [1.165, 1.54) is 0 Å². The Kier molecular flexibility index (Phi) is 5.43. The van der Waals surface area contributed by atoms with Crippen molar-refractivity contribution in [2.75, 3.05) is 0 Å². The molecule has 33 heavy (non-hydrogen) atoms. The van der Waals surface area contributed by atoms with Gasteiger partial charge in [0.25, 0.3) is 0 Å². The molecule has 5 rings (SSSR count). The van der Waals surface area contributed by atoms with Crippen molar-refractivity contribution >= 4 is 5.97 Å². The highest BCUT2D eigenvalue weighted by atomic mass is 16.4. The molecule has 0 aliphatic rings. The molecule has 0 fully saturated rings. The van der Waals surface area contributed by atoms with Crippen LogP contribution in [-0.2, 0) is 0 Å². The molecule has 3 heterocycles. The smallest absolute Gasteiger partial charge is 0.335 e. The van der Waals surface area contributed by atoms with E-state index < -0.39 is 5.97 Å². The van der Waals surface area contributed by atoms with Gasteiger partial charge < -0.3 is 5.11 Å². The van der Waals surface area contributed by atoms with Gasteiger partial charge in [-0.25, -0.2) is 9.78 Å². The quantitative estimate of drug-likeness (QED) is 0.358. The maximum Gasteiger partial charge on any atom is 0.335 e. The van der Waals surface area contributed by atoms with Crippen LogP contribution >= 0.6 is 0 Å². The number of hydrogen-bond donors (Lipinski definition) is 1. The summed E-state index contributed by atoms with van der Waals surface area (Å²) in [5.41, 5.74) is 8.12. The molecule has 0 aliphatic carbocycles. The van der Waals surface area contributed by atoms with Crippen molar-refractivity contribution in [3.63, 3.8) is 0 Å². The second kappa shape index (κ2) is 8.85. The van der Waals surface area contributed by atoms with Gasteiger partial charge in [-0.05, 0) is 70.8 Å². The van der Waals surface area contributed by atoms with Crippen molar-refractivity contribution in [2.24, 2.45) is 0 Å². The van der Waals surface area contributed by atoms with Crippen molar-refractivity contribution in [2.45, 2.75) is 0 Å². The second-order valence-corrected chi connectivity index (χ2v) is 7.56. The number of aromatic carboxylic acids is 1. The lowest BCUT2D eigenvalue weighted by Gasteiger charge is -2.11. The first kappa shape index (κ1) is 20.3. The monoisotopic (exact) mass is 429 g/mol. The largest absolute Gasteiger partial charge is 0.478 e. The van der Waals surface area contributed by atoms with Gasteiger partial charge in [0.05, 0.1) is 17.0 Å². The predicted molar refractivity (Wildman–Crippen MR) is 129 cm³/mol.